The fourth-order valence-electron chi connectivity index (χ4n) is 4.37. The Kier molecular flexibility index (Phi) is 4.74. The topological polar surface area (TPSA) is 92.1 Å². The molecule has 0 saturated carbocycles. The lowest BCUT2D eigenvalue weighted by atomic mass is 10.1. The van der Waals surface area contributed by atoms with E-state index in [1.807, 2.05) is 48.5 Å². The van der Waals surface area contributed by atoms with E-state index in [-0.39, 0.29) is 11.6 Å². The van der Waals surface area contributed by atoms with Crippen molar-refractivity contribution in [2.45, 2.75) is 6.42 Å². The van der Waals surface area contributed by atoms with Gasteiger partial charge in [0.2, 0.25) is 0 Å². The summed E-state index contributed by atoms with van der Waals surface area (Å²) in [5.74, 6) is 0.672. The Hall–Kier alpha value is -4.30. The maximum atomic E-state index is 13.4. The van der Waals surface area contributed by atoms with Crippen LogP contribution in [-0.2, 0) is 6.42 Å². The lowest BCUT2D eigenvalue weighted by Gasteiger charge is -2.23. The Labute approximate surface area is 198 Å². The number of hydrogen-bond donors (Lipinski definition) is 1. The molecule has 34 heavy (non-hydrogen) atoms. The number of non-ortho nitro benzene ring substituents is 1. The number of benzene rings is 3. The molecule has 1 N–H and O–H groups in total. The average Bonchev–Trinajstić information content (AvgIpc) is 3.45. The fraction of sp³-hybridized carbons (Fsp3) is 0.0769. The molecule has 0 saturated heterocycles. The van der Waals surface area contributed by atoms with Gasteiger partial charge in [-0.25, -0.2) is 4.98 Å². The molecule has 1 aliphatic rings. The normalized spacial score (nSPS) is 12.8. The molecule has 0 fully saturated rings. The number of nitrogens with zero attached hydrogens (tertiary/aromatic N) is 3. The molecule has 0 aliphatic carbocycles. The van der Waals surface area contributed by atoms with Crippen molar-refractivity contribution in [1.29, 1.82) is 0 Å². The van der Waals surface area contributed by atoms with E-state index in [1.54, 1.807) is 16.2 Å². The van der Waals surface area contributed by atoms with E-state index in [9.17, 15) is 14.9 Å². The highest BCUT2D eigenvalue weighted by Crippen LogP contribution is 2.44. The van der Waals surface area contributed by atoms with Crippen LogP contribution in [0.1, 0.15) is 15.9 Å². The van der Waals surface area contributed by atoms with Gasteiger partial charge >= 0.3 is 0 Å². The monoisotopic (exact) mass is 466 g/mol. The van der Waals surface area contributed by atoms with Crippen LogP contribution in [0.3, 0.4) is 0 Å². The summed E-state index contributed by atoms with van der Waals surface area (Å²) in [6, 6.07) is 23.8. The molecule has 6 rings (SSSR count). The van der Waals surface area contributed by atoms with E-state index in [4.69, 9.17) is 4.98 Å². The summed E-state index contributed by atoms with van der Waals surface area (Å²) in [6.45, 7) is 0.510. The van der Waals surface area contributed by atoms with Crippen molar-refractivity contribution in [3.8, 4) is 21.1 Å². The molecule has 0 spiro atoms. The van der Waals surface area contributed by atoms with Gasteiger partial charge in [-0.15, -0.1) is 11.3 Å². The standard InChI is InChI=1S/C26H18N4O3S/c31-26(16-9-11-18(12-10-16)30(32)33)29-14-13-17-15-23(25-27-20-6-2-3-7-21(20)28-25)34-24(17)19-5-1-4-8-22(19)29/h1-12,15H,13-14H2,(H,27,28). The zero-order valence-corrected chi connectivity index (χ0v) is 18.7. The second-order valence-corrected chi connectivity index (χ2v) is 9.15. The zero-order valence-electron chi connectivity index (χ0n) is 17.9. The molecule has 1 amide bonds. The number of rotatable bonds is 3. The number of aromatic nitrogens is 2. The Morgan fingerprint density at radius 3 is 2.59 bits per heavy atom. The number of nitro groups is 1. The molecule has 5 aromatic rings. The number of nitrogens with one attached hydrogen (secondary N) is 1. The first-order valence-electron chi connectivity index (χ1n) is 10.8. The molecule has 0 atom stereocenters. The van der Waals surface area contributed by atoms with E-state index >= 15 is 0 Å². The fourth-order valence-corrected chi connectivity index (χ4v) is 5.56. The van der Waals surface area contributed by atoms with Gasteiger partial charge in [0.1, 0.15) is 5.82 Å². The van der Waals surface area contributed by atoms with Gasteiger partial charge in [0.25, 0.3) is 11.6 Å². The minimum Gasteiger partial charge on any atom is -0.337 e. The van der Waals surface area contributed by atoms with Gasteiger partial charge in [-0.2, -0.15) is 0 Å². The number of nitro benzene ring substituents is 1. The van der Waals surface area contributed by atoms with Crippen molar-refractivity contribution in [3.63, 3.8) is 0 Å². The predicted octanol–water partition coefficient (Wildman–Crippen LogP) is 6.07. The van der Waals surface area contributed by atoms with Crippen molar-refractivity contribution in [1.82, 2.24) is 9.97 Å². The largest absolute Gasteiger partial charge is 0.337 e. The van der Waals surface area contributed by atoms with Gasteiger partial charge in [0.15, 0.2) is 0 Å². The molecular weight excluding hydrogens is 448 g/mol. The highest BCUT2D eigenvalue weighted by atomic mass is 32.1. The van der Waals surface area contributed by atoms with E-state index in [0.29, 0.717) is 18.5 Å². The molecule has 166 valence electrons. The summed E-state index contributed by atoms with van der Waals surface area (Å²) in [5.41, 5.74) is 5.33. The Balaban J connectivity index is 1.39. The SMILES string of the molecule is O=C(c1ccc([N+](=O)[O-])cc1)N1CCc2cc(-c3nc4ccccc4[nH]3)sc2-c2ccccc21. The van der Waals surface area contributed by atoms with Crippen LogP contribution in [0.15, 0.2) is 78.9 Å². The highest BCUT2D eigenvalue weighted by Gasteiger charge is 2.27. The van der Waals surface area contributed by atoms with Crippen molar-refractivity contribution >= 4 is 39.7 Å². The summed E-state index contributed by atoms with van der Waals surface area (Å²) in [7, 11) is 0. The van der Waals surface area contributed by atoms with Gasteiger partial charge < -0.3 is 9.88 Å². The molecule has 1 aliphatic heterocycles. The molecule has 0 bridgehead atoms. The van der Waals surface area contributed by atoms with Gasteiger partial charge in [0.05, 0.1) is 26.5 Å². The van der Waals surface area contributed by atoms with Crippen molar-refractivity contribution in [3.05, 3.63) is 100 Å². The molecular formula is C26H18N4O3S. The van der Waals surface area contributed by atoms with Gasteiger partial charge in [0, 0.05) is 34.7 Å². The number of hydrogen-bond acceptors (Lipinski definition) is 5. The van der Waals surface area contributed by atoms with E-state index in [1.165, 1.54) is 29.8 Å². The van der Waals surface area contributed by atoms with E-state index in [0.717, 1.165) is 37.9 Å². The Morgan fingerprint density at radius 1 is 1.03 bits per heavy atom. The first-order valence-corrected chi connectivity index (χ1v) is 11.6. The van der Waals surface area contributed by atoms with Crippen LogP contribution in [0.25, 0.3) is 32.2 Å². The van der Waals surface area contributed by atoms with Crippen LogP contribution in [0.4, 0.5) is 11.4 Å². The second kappa shape index (κ2) is 7.93. The molecule has 2 aromatic heterocycles. The van der Waals surface area contributed by atoms with E-state index in [2.05, 4.69) is 11.1 Å². The van der Waals surface area contributed by atoms with Gasteiger partial charge in [-0.05, 0) is 48.4 Å². The van der Waals surface area contributed by atoms with Gasteiger partial charge in [-0.1, -0.05) is 30.3 Å². The summed E-state index contributed by atoms with van der Waals surface area (Å²) >= 11 is 1.67. The number of carbonyl (C=O) groups is 1. The number of carbonyl (C=O) groups excluding carboxylic acids is 1. The highest BCUT2D eigenvalue weighted by molar-refractivity contribution is 7.19. The summed E-state index contributed by atoms with van der Waals surface area (Å²) in [5, 5.41) is 11.0. The summed E-state index contributed by atoms with van der Waals surface area (Å²) in [6.07, 6.45) is 0.694. The third kappa shape index (κ3) is 3.36. The third-order valence-corrected chi connectivity index (χ3v) is 7.26. The molecule has 3 heterocycles. The van der Waals surface area contributed by atoms with Crippen LogP contribution in [-0.4, -0.2) is 27.3 Å². The minimum atomic E-state index is -0.465. The van der Waals surface area contributed by atoms with Crippen LogP contribution >= 0.6 is 11.3 Å². The number of para-hydroxylation sites is 3. The lowest BCUT2D eigenvalue weighted by molar-refractivity contribution is -0.384. The third-order valence-electron chi connectivity index (χ3n) is 6.05. The predicted molar refractivity (Wildman–Crippen MR) is 133 cm³/mol. The Morgan fingerprint density at radius 2 is 1.79 bits per heavy atom. The number of fused-ring (bicyclic) bond motifs is 4. The molecule has 8 heteroatoms. The van der Waals surface area contributed by atoms with Crippen molar-refractivity contribution < 1.29 is 9.72 Å². The number of aromatic amines is 1. The number of H-pyrrole nitrogens is 1. The number of thiophene rings is 1. The zero-order chi connectivity index (χ0) is 23.2. The smallest absolute Gasteiger partial charge is 0.269 e. The summed E-state index contributed by atoms with van der Waals surface area (Å²) in [4.78, 5) is 36.0. The van der Waals surface area contributed by atoms with Crippen LogP contribution in [0.2, 0.25) is 0 Å². The number of imidazole rings is 1. The maximum Gasteiger partial charge on any atom is 0.269 e. The lowest BCUT2D eigenvalue weighted by Crippen LogP contribution is -2.32. The average molecular weight is 467 g/mol. The first kappa shape index (κ1) is 20.3. The minimum absolute atomic E-state index is 0.0342. The second-order valence-electron chi connectivity index (χ2n) is 8.10. The maximum absolute atomic E-state index is 13.4. The molecule has 0 unspecified atom stereocenters. The van der Waals surface area contributed by atoms with Crippen molar-refractivity contribution in [2.24, 2.45) is 0 Å². The van der Waals surface area contributed by atoms with E-state index < -0.39 is 4.92 Å². The number of amides is 1. The number of anilines is 1. The first-order chi connectivity index (χ1) is 16.6. The Bertz CT molecular complexity index is 1540. The van der Waals surface area contributed by atoms with Crippen LogP contribution in [0, 0.1) is 10.1 Å². The van der Waals surface area contributed by atoms with Crippen LogP contribution in [0.5, 0.6) is 0 Å². The quantitative estimate of drug-likeness (QED) is 0.258. The molecule has 7 nitrogen and oxygen atoms in total. The van der Waals surface area contributed by atoms with Crippen LogP contribution < -0.4 is 4.90 Å². The van der Waals surface area contributed by atoms with Crippen molar-refractivity contribution in [2.75, 3.05) is 11.4 Å². The molecule has 0 radical (unpaired) electrons. The summed E-state index contributed by atoms with van der Waals surface area (Å²) < 4.78 is 0. The molecule has 3 aromatic carbocycles. The van der Waals surface area contributed by atoms with Gasteiger partial charge in [-0.3, -0.25) is 14.9 Å².